The molecule has 30 heavy (non-hydrogen) atoms. The van der Waals surface area contributed by atoms with E-state index in [0.717, 1.165) is 25.6 Å². The van der Waals surface area contributed by atoms with Gasteiger partial charge in [-0.25, -0.2) is 0 Å². The van der Waals surface area contributed by atoms with Crippen LogP contribution in [0.25, 0.3) is 0 Å². The van der Waals surface area contributed by atoms with Gasteiger partial charge in [-0.15, -0.1) is 10.2 Å². The van der Waals surface area contributed by atoms with Crippen molar-refractivity contribution < 1.29 is 14.5 Å². The van der Waals surface area contributed by atoms with Gasteiger partial charge in [0.05, 0.1) is 29.6 Å². The zero-order valence-corrected chi connectivity index (χ0v) is 19.1. The summed E-state index contributed by atoms with van der Waals surface area (Å²) in [7, 11) is 0. The van der Waals surface area contributed by atoms with Crippen LogP contribution in [0.4, 0.5) is 17.3 Å². The summed E-state index contributed by atoms with van der Waals surface area (Å²) in [6.07, 6.45) is 0. The van der Waals surface area contributed by atoms with Gasteiger partial charge in [-0.2, -0.15) is 0 Å². The van der Waals surface area contributed by atoms with Gasteiger partial charge in [-0.1, -0.05) is 25.6 Å². The van der Waals surface area contributed by atoms with Gasteiger partial charge in [0.15, 0.2) is 5.16 Å². The Morgan fingerprint density at radius 1 is 1.37 bits per heavy atom. The van der Waals surface area contributed by atoms with Crippen LogP contribution in [0.2, 0.25) is 0 Å². The first kappa shape index (κ1) is 22.5. The smallest absolute Gasteiger partial charge is 0.270 e. The number of carbonyl (C=O) groups excluding carboxylic acids is 1. The van der Waals surface area contributed by atoms with Crippen molar-refractivity contribution >= 4 is 50.9 Å². The lowest BCUT2D eigenvalue weighted by atomic mass is 10.2. The molecule has 1 saturated heterocycles. The maximum atomic E-state index is 12.4. The molecule has 162 valence electrons. The molecule has 1 amide bonds. The summed E-state index contributed by atoms with van der Waals surface area (Å²) in [6, 6.07) is 4.21. The van der Waals surface area contributed by atoms with E-state index in [-0.39, 0.29) is 17.3 Å². The molecule has 1 aliphatic heterocycles. The molecular weight excluding hydrogens is 476 g/mol. The second-order valence-corrected chi connectivity index (χ2v) is 8.94. The Kier molecular flexibility index (Phi) is 7.67. The summed E-state index contributed by atoms with van der Waals surface area (Å²) in [4.78, 5) is 24.9. The molecule has 12 heteroatoms. The summed E-state index contributed by atoms with van der Waals surface area (Å²) in [5.41, 5.74) is 0.426. The third kappa shape index (κ3) is 5.70. The number of nitrogens with one attached hydrogen (secondary N) is 1. The number of amides is 1. The van der Waals surface area contributed by atoms with Gasteiger partial charge in [0.25, 0.3) is 5.69 Å². The molecule has 1 aromatic carbocycles. The Labute approximate surface area is 186 Å². The van der Waals surface area contributed by atoms with Crippen molar-refractivity contribution in [3.8, 4) is 0 Å². The standard InChI is InChI=1S/C18H23BrN6O4S/c1-12(2)10-24-17(23-5-7-29-8-6-23)21-22-18(24)30-11-16(26)20-15-4-3-13(25(27)28)9-14(15)19/h3-4,9,12H,5-8,10-11H2,1-2H3,(H,20,26). The molecule has 10 nitrogen and oxygen atoms in total. The normalized spacial score (nSPS) is 14.2. The third-order valence-corrected chi connectivity index (χ3v) is 5.93. The van der Waals surface area contributed by atoms with E-state index in [4.69, 9.17) is 4.74 Å². The number of carbonyl (C=O) groups is 1. The van der Waals surface area contributed by atoms with E-state index in [1.165, 1.54) is 30.0 Å². The van der Waals surface area contributed by atoms with Crippen molar-refractivity contribution in [2.24, 2.45) is 5.92 Å². The fraction of sp³-hybridized carbons (Fsp3) is 0.500. The summed E-state index contributed by atoms with van der Waals surface area (Å²) in [5, 5.41) is 22.9. The average molecular weight is 499 g/mol. The number of nitro groups is 1. The van der Waals surface area contributed by atoms with Crippen LogP contribution in [0.1, 0.15) is 13.8 Å². The van der Waals surface area contributed by atoms with E-state index >= 15 is 0 Å². The summed E-state index contributed by atoms with van der Waals surface area (Å²) in [6.45, 7) is 7.82. The first-order chi connectivity index (χ1) is 14.3. The highest BCUT2D eigenvalue weighted by Gasteiger charge is 2.22. The number of thioether (sulfide) groups is 1. The van der Waals surface area contributed by atoms with Gasteiger partial charge in [-0.05, 0) is 27.9 Å². The van der Waals surface area contributed by atoms with Crippen LogP contribution in [0.5, 0.6) is 0 Å². The zero-order valence-electron chi connectivity index (χ0n) is 16.7. The Bertz CT molecular complexity index is 916. The zero-order chi connectivity index (χ0) is 21.7. The molecule has 1 fully saturated rings. The van der Waals surface area contributed by atoms with Crippen LogP contribution < -0.4 is 10.2 Å². The SMILES string of the molecule is CC(C)Cn1c(SCC(=O)Nc2ccc([N+](=O)[O-])cc2Br)nnc1N1CCOCC1. The van der Waals surface area contributed by atoms with Crippen molar-refractivity contribution in [3.63, 3.8) is 0 Å². The summed E-state index contributed by atoms with van der Waals surface area (Å²) >= 11 is 4.57. The number of morpholine rings is 1. The second kappa shape index (κ2) is 10.2. The van der Waals surface area contributed by atoms with Crippen LogP contribution in [-0.2, 0) is 16.1 Å². The van der Waals surface area contributed by atoms with E-state index in [0.29, 0.717) is 34.4 Å². The van der Waals surface area contributed by atoms with Gasteiger partial charge >= 0.3 is 0 Å². The van der Waals surface area contributed by atoms with Gasteiger partial charge < -0.3 is 15.0 Å². The van der Waals surface area contributed by atoms with Gasteiger partial charge in [-0.3, -0.25) is 19.5 Å². The summed E-state index contributed by atoms with van der Waals surface area (Å²) in [5.74, 6) is 1.10. The van der Waals surface area contributed by atoms with Crippen molar-refractivity contribution in [3.05, 3.63) is 32.8 Å². The maximum Gasteiger partial charge on any atom is 0.270 e. The molecule has 0 bridgehead atoms. The number of hydrogen-bond acceptors (Lipinski definition) is 8. The molecule has 1 N–H and O–H groups in total. The van der Waals surface area contributed by atoms with Crippen molar-refractivity contribution in [1.29, 1.82) is 0 Å². The lowest BCUT2D eigenvalue weighted by Crippen LogP contribution is -2.38. The minimum absolute atomic E-state index is 0.0494. The highest BCUT2D eigenvalue weighted by molar-refractivity contribution is 9.10. The van der Waals surface area contributed by atoms with Gasteiger partial charge in [0, 0.05) is 36.2 Å². The van der Waals surface area contributed by atoms with Crippen LogP contribution >= 0.6 is 27.7 Å². The number of rotatable bonds is 8. The topological polar surface area (TPSA) is 115 Å². The van der Waals surface area contributed by atoms with E-state index in [9.17, 15) is 14.9 Å². The first-order valence-electron chi connectivity index (χ1n) is 9.47. The molecule has 1 aromatic heterocycles. The van der Waals surface area contributed by atoms with E-state index < -0.39 is 4.92 Å². The molecule has 2 aromatic rings. The number of nitro benzene ring substituents is 1. The monoisotopic (exact) mass is 498 g/mol. The Morgan fingerprint density at radius 2 is 2.10 bits per heavy atom. The fourth-order valence-electron chi connectivity index (χ4n) is 2.95. The molecule has 2 heterocycles. The number of nitrogens with zero attached hydrogens (tertiary/aromatic N) is 5. The number of anilines is 2. The number of aromatic nitrogens is 3. The highest BCUT2D eigenvalue weighted by Crippen LogP contribution is 2.28. The molecule has 0 atom stereocenters. The average Bonchev–Trinajstić information content (AvgIpc) is 3.10. The second-order valence-electron chi connectivity index (χ2n) is 7.14. The van der Waals surface area contributed by atoms with E-state index in [2.05, 4.69) is 54.8 Å². The molecule has 1 aliphatic rings. The highest BCUT2D eigenvalue weighted by atomic mass is 79.9. The molecular formula is C18H23BrN6O4S. The van der Waals surface area contributed by atoms with E-state index in [1.54, 1.807) is 0 Å². The maximum absolute atomic E-state index is 12.4. The lowest BCUT2D eigenvalue weighted by Gasteiger charge is -2.28. The largest absolute Gasteiger partial charge is 0.378 e. The minimum Gasteiger partial charge on any atom is -0.378 e. The number of ether oxygens (including phenoxy) is 1. The van der Waals surface area contributed by atoms with Crippen molar-refractivity contribution in [2.45, 2.75) is 25.5 Å². The molecule has 3 rings (SSSR count). The van der Waals surface area contributed by atoms with E-state index in [1.807, 2.05) is 0 Å². The Hall–Kier alpha value is -2.18. The fourth-order valence-corrected chi connectivity index (χ4v) is 4.15. The Balaban J connectivity index is 1.66. The molecule has 0 unspecified atom stereocenters. The summed E-state index contributed by atoms with van der Waals surface area (Å²) < 4.78 is 7.92. The van der Waals surface area contributed by atoms with Crippen molar-refractivity contribution in [2.75, 3.05) is 42.3 Å². The number of halogens is 1. The molecule has 0 saturated carbocycles. The third-order valence-electron chi connectivity index (χ3n) is 4.31. The van der Waals surface area contributed by atoms with Crippen molar-refractivity contribution in [1.82, 2.24) is 14.8 Å². The molecule has 0 spiro atoms. The van der Waals surface area contributed by atoms with Crippen LogP contribution in [0, 0.1) is 16.0 Å². The van der Waals surface area contributed by atoms with Crippen LogP contribution in [0.3, 0.4) is 0 Å². The Morgan fingerprint density at radius 3 is 2.73 bits per heavy atom. The van der Waals surface area contributed by atoms with Gasteiger partial charge in [0.1, 0.15) is 0 Å². The first-order valence-corrected chi connectivity index (χ1v) is 11.3. The minimum atomic E-state index is -0.486. The van der Waals surface area contributed by atoms with Crippen LogP contribution in [-0.4, -0.2) is 57.7 Å². The molecule has 0 radical (unpaired) electrons. The lowest BCUT2D eigenvalue weighted by molar-refractivity contribution is -0.384. The number of hydrogen-bond donors (Lipinski definition) is 1. The number of benzene rings is 1. The predicted octanol–water partition coefficient (Wildman–Crippen LogP) is 3.17. The quantitative estimate of drug-likeness (QED) is 0.335. The predicted molar refractivity (Wildman–Crippen MR) is 118 cm³/mol. The van der Waals surface area contributed by atoms with Gasteiger partial charge in [0.2, 0.25) is 11.9 Å². The number of non-ortho nitro benzene ring substituents is 1. The van der Waals surface area contributed by atoms with Crippen LogP contribution in [0.15, 0.2) is 27.8 Å². The molecule has 0 aliphatic carbocycles.